The van der Waals surface area contributed by atoms with Crippen LogP contribution < -0.4 is 0 Å². The van der Waals surface area contributed by atoms with Crippen molar-refractivity contribution in [3.05, 3.63) is 35.6 Å². The van der Waals surface area contributed by atoms with Crippen LogP contribution >= 0.6 is 0 Å². The topological polar surface area (TPSA) is 70.1 Å². The van der Waals surface area contributed by atoms with Crippen LogP contribution in [0.5, 0.6) is 0 Å². The van der Waals surface area contributed by atoms with Gasteiger partial charge >= 0.3 is 5.97 Å². The molecule has 0 unspecified atom stereocenters. The van der Waals surface area contributed by atoms with Gasteiger partial charge in [0.05, 0.1) is 25.7 Å². The number of hydrogen-bond donors (Lipinski definition) is 1. The van der Waals surface area contributed by atoms with E-state index < -0.39 is 5.97 Å². The molecule has 0 saturated carbocycles. The van der Waals surface area contributed by atoms with Crippen LogP contribution in [0.25, 0.3) is 0 Å². The van der Waals surface area contributed by atoms with Crippen LogP contribution in [0.4, 0.5) is 4.39 Å². The number of halogens is 1. The molecular weight excluding hydrogens is 303 g/mol. The maximum absolute atomic E-state index is 13.6. The number of carboxylic acid groups (broad SMARTS) is 1. The Kier molecular flexibility index (Phi) is 6.06. The van der Waals surface area contributed by atoms with Crippen molar-refractivity contribution >= 4 is 11.9 Å². The third-order valence-electron chi connectivity index (χ3n) is 3.71. The fraction of sp³-hybridized carbons (Fsp3) is 0.500. The lowest BCUT2D eigenvalue weighted by Gasteiger charge is -2.34. The van der Waals surface area contributed by atoms with Gasteiger partial charge in [0.15, 0.2) is 0 Å². The average molecular weight is 324 g/mol. The molecule has 1 aliphatic heterocycles. The fourth-order valence-corrected chi connectivity index (χ4v) is 2.62. The van der Waals surface area contributed by atoms with Gasteiger partial charge in [-0.25, -0.2) is 4.39 Å². The van der Waals surface area contributed by atoms with Gasteiger partial charge in [0, 0.05) is 19.6 Å². The van der Waals surface area contributed by atoms with Crippen molar-refractivity contribution in [2.75, 3.05) is 39.8 Å². The first kappa shape index (κ1) is 17.4. The molecule has 1 fully saturated rings. The number of rotatable bonds is 6. The highest BCUT2D eigenvalue weighted by molar-refractivity contribution is 5.79. The Balaban J connectivity index is 1.89. The number of amides is 1. The number of carboxylic acids is 1. The monoisotopic (exact) mass is 324 g/mol. The zero-order chi connectivity index (χ0) is 16.8. The largest absolute Gasteiger partial charge is 0.480 e. The van der Waals surface area contributed by atoms with E-state index in [-0.39, 0.29) is 30.8 Å². The summed E-state index contributed by atoms with van der Waals surface area (Å²) < 4.78 is 19.2. The van der Waals surface area contributed by atoms with Crippen molar-refractivity contribution in [1.82, 2.24) is 9.80 Å². The highest BCUT2D eigenvalue weighted by Gasteiger charge is 2.25. The smallest absolute Gasteiger partial charge is 0.317 e. The van der Waals surface area contributed by atoms with Gasteiger partial charge in [-0.2, -0.15) is 0 Å². The SMILES string of the molecule is CN(CC(=O)O)C[C@@H]1CN(C(=O)Cc2ccccc2F)CCO1. The molecule has 1 atom stereocenters. The lowest BCUT2D eigenvalue weighted by molar-refractivity contribution is -0.142. The van der Waals surface area contributed by atoms with Crippen molar-refractivity contribution in [2.24, 2.45) is 0 Å². The standard InChI is InChI=1S/C16H21FN2O4/c1-18(11-16(21)22)9-13-10-19(6-7-23-13)15(20)8-12-4-2-3-5-14(12)17/h2-5,13H,6-11H2,1H3,(H,21,22)/t13-/m1/s1. The number of aliphatic carboxylic acids is 1. The normalized spacial score (nSPS) is 18.2. The van der Waals surface area contributed by atoms with Gasteiger partial charge in [-0.05, 0) is 18.7 Å². The van der Waals surface area contributed by atoms with Crippen LogP contribution in [0, 0.1) is 5.82 Å². The highest BCUT2D eigenvalue weighted by atomic mass is 19.1. The zero-order valence-corrected chi connectivity index (χ0v) is 13.1. The van der Waals surface area contributed by atoms with E-state index in [0.29, 0.717) is 31.8 Å². The van der Waals surface area contributed by atoms with Crippen LogP contribution in [-0.4, -0.2) is 72.7 Å². The van der Waals surface area contributed by atoms with Gasteiger partial charge in [-0.15, -0.1) is 0 Å². The van der Waals surface area contributed by atoms with Crippen molar-refractivity contribution in [3.8, 4) is 0 Å². The molecule has 0 aliphatic carbocycles. The second-order valence-electron chi connectivity index (χ2n) is 5.69. The molecule has 0 spiro atoms. The molecule has 1 aliphatic rings. The van der Waals surface area contributed by atoms with Crippen molar-refractivity contribution in [1.29, 1.82) is 0 Å². The van der Waals surface area contributed by atoms with E-state index in [2.05, 4.69) is 0 Å². The van der Waals surface area contributed by atoms with Gasteiger partial charge < -0.3 is 14.7 Å². The Morgan fingerprint density at radius 3 is 2.87 bits per heavy atom. The second kappa shape index (κ2) is 8.03. The number of morpholine rings is 1. The zero-order valence-electron chi connectivity index (χ0n) is 13.1. The van der Waals surface area contributed by atoms with E-state index in [0.717, 1.165) is 0 Å². The fourth-order valence-electron chi connectivity index (χ4n) is 2.62. The molecule has 0 radical (unpaired) electrons. The number of nitrogens with zero attached hydrogens (tertiary/aromatic N) is 2. The van der Waals surface area contributed by atoms with Gasteiger partial charge in [0.2, 0.25) is 5.91 Å². The lowest BCUT2D eigenvalue weighted by Crippen LogP contribution is -2.50. The summed E-state index contributed by atoms with van der Waals surface area (Å²) in [5.41, 5.74) is 0.378. The Bertz CT molecular complexity index is 567. The molecule has 1 saturated heterocycles. The molecule has 126 valence electrons. The summed E-state index contributed by atoms with van der Waals surface area (Å²) in [6.07, 6.45) is -0.220. The van der Waals surface area contributed by atoms with Gasteiger partial charge in [-0.1, -0.05) is 18.2 Å². The Hall–Kier alpha value is -1.99. The highest BCUT2D eigenvalue weighted by Crippen LogP contribution is 2.12. The third kappa shape index (κ3) is 5.30. The number of carbonyl (C=O) groups is 2. The molecule has 1 N–H and O–H groups in total. The summed E-state index contributed by atoms with van der Waals surface area (Å²) >= 11 is 0. The quantitative estimate of drug-likeness (QED) is 0.830. The molecule has 1 aromatic rings. The molecule has 6 nitrogen and oxygen atoms in total. The number of hydrogen-bond acceptors (Lipinski definition) is 4. The molecule has 1 heterocycles. The minimum Gasteiger partial charge on any atom is -0.480 e. The first-order valence-corrected chi connectivity index (χ1v) is 7.49. The maximum atomic E-state index is 13.6. The molecule has 0 aromatic heterocycles. The minimum absolute atomic E-state index is 0.0182. The number of benzene rings is 1. The van der Waals surface area contributed by atoms with E-state index in [4.69, 9.17) is 9.84 Å². The Morgan fingerprint density at radius 1 is 1.43 bits per heavy atom. The summed E-state index contributed by atoms with van der Waals surface area (Å²) in [6, 6.07) is 6.23. The second-order valence-corrected chi connectivity index (χ2v) is 5.69. The first-order valence-electron chi connectivity index (χ1n) is 7.49. The molecular formula is C16H21FN2O4. The van der Waals surface area contributed by atoms with E-state index in [1.54, 1.807) is 35.0 Å². The maximum Gasteiger partial charge on any atom is 0.317 e. The number of carbonyl (C=O) groups excluding carboxylic acids is 1. The predicted molar refractivity (Wildman–Crippen MR) is 81.6 cm³/mol. The molecule has 7 heteroatoms. The van der Waals surface area contributed by atoms with Crippen LogP contribution in [0.15, 0.2) is 24.3 Å². The van der Waals surface area contributed by atoms with Gasteiger partial charge in [0.25, 0.3) is 0 Å². The summed E-state index contributed by atoms with van der Waals surface area (Å²) in [4.78, 5) is 26.3. The molecule has 1 aromatic carbocycles. The predicted octanol–water partition coefficient (Wildman–Crippen LogP) is 0.612. The van der Waals surface area contributed by atoms with Gasteiger partial charge in [0.1, 0.15) is 5.82 Å². The van der Waals surface area contributed by atoms with Gasteiger partial charge in [-0.3, -0.25) is 14.5 Å². The van der Waals surface area contributed by atoms with Crippen LogP contribution in [0.1, 0.15) is 5.56 Å². The van der Waals surface area contributed by atoms with E-state index in [9.17, 15) is 14.0 Å². The molecule has 23 heavy (non-hydrogen) atoms. The lowest BCUT2D eigenvalue weighted by atomic mass is 10.1. The van der Waals surface area contributed by atoms with E-state index in [1.165, 1.54) is 6.07 Å². The van der Waals surface area contributed by atoms with Crippen molar-refractivity contribution < 1.29 is 23.8 Å². The molecule has 2 rings (SSSR count). The van der Waals surface area contributed by atoms with Crippen molar-refractivity contribution in [2.45, 2.75) is 12.5 Å². The Labute approximate surface area is 134 Å². The third-order valence-corrected chi connectivity index (χ3v) is 3.71. The first-order chi connectivity index (χ1) is 11.0. The molecule has 0 bridgehead atoms. The van der Waals surface area contributed by atoms with E-state index >= 15 is 0 Å². The van der Waals surface area contributed by atoms with E-state index in [1.807, 2.05) is 0 Å². The minimum atomic E-state index is -0.907. The molecule has 1 amide bonds. The number of likely N-dealkylation sites (N-methyl/N-ethyl adjacent to an activating group) is 1. The van der Waals surface area contributed by atoms with Crippen molar-refractivity contribution in [3.63, 3.8) is 0 Å². The summed E-state index contributed by atoms with van der Waals surface area (Å²) in [5.74, 6) is -1.44. The summed E-state index contributed by atoms with van der Waals surface area (Å²) in [6.45, 7) is 1.59. The average Bonchev–Trinajstić information content (AvgIpc) is 2.49. The number of ether oxygens (including phenoxy) is 1. The van der Waals surface area contributed by atoms with Crippen LogP contribution in [0.2, 0.25) is 0 Å². The van der Waals surface area contributed by atoms with Crippen LogP contribution in [0.3, 0.4) is 0 Å². The Morgan fingerprint density at radius 2 is 2.17 bits per heavy atom. The summed E-state index contributed by atoms with van der Waals surface area (Å²) in [5, 5.41) is 8.76. The summed E-state index contributed by atoms with van der Waals surface area (Å²) in [7, 11) is 1.69. The van der Waals surface area contributed by atoms with Crippen LogP contribution in [-0.2, 0) is 20.7 Å².